The number of hydrogen-bond acceptors (Lipinski definition) is 8. The van der Waals surface area contributed by atoms with Gasteiger partial charge in [-0.1, -0.05) is 40.2 Å². The van der Waals surface area contributed by atoms with Gasteiger partial charge in [0.05, 0.1) is 44.1 Å². The van der Waals surface area contributed by atoms with Gasteiger partial charge in [-0.25, -0.2) is 4.98 Å². The molecule has 1 heterocycles. The fraction of sp³-hybridized carbons (Fsp3) is 0.421. The molecule has 4 N–H and O–H groups in total. The SMILES string of the molecule is CC[C@H](C)[C@H](Nc1ccc2c(cc1=O)[C@@H](NC(C)=O)CCc1cc(OC)c(OC)c(OC)c1-2)C(=O)Nc1ccc2nc(CC(C)C)[nH]c2c1. The van der Waals surface area contributed by atoms with Crippen LogP contribution in [0.1, 0.15) is 70.5 Å². The first kappa shape index (κ1) is 35.3. The number of carbonyl (C=O) groups is 2. The molecule has 0 unspecified atom stereocenters. The highest BCUT2D eigenvalue weighted by molar-refractivity contribution is 5.98. The number of aromatic amines is 1. The molecule has 1 aromatic heterocycles. The zero-order valence-electron chi connectivity index (χ0n) is 29.6. The normalized spacial score (nSPS) is 15.0. The van der Waals surface area contributed by atoms with Gasteiger partial charge in [-0.2, -0.15) is 0 Å². The van der Waals surface area contributed by atoms with Crippen LogP contribution >= 0.6 is 0 Å². The number of hydrogen-bond donors (Lipinski definition) is 4. The van der Waals surface area contributed by atoms with E-state index in [0.29, 0.717) is 59.2 Å². The van der Waals surface area contributed by atoms with Crippen molar-refractivity contribution in [1.82, 2.24) is 15.3 Å². The van der Waals surface area contributed by atoms with Gasteiger partial charge < -0.3 is 35.1 Å². The van der Waals surface area contributed by atoms with Crippen molar-refractivity contribution in [3.63, 3.8) is 0 Å². The van der Waals surface area contributed by atoms with Crippen LogP contribution in [0.25, 0.3) is 22.2 Å². The number of anilines is 2. The average Bonchev–Trinajstić information content (AvgIpc) is 3.31. The molecule has 4 aromatic rings. The summed E-state index contributed by atoms with van der Waals surface area (Å²) in [4.78, 5) is 48.2. The molecule has 1 aliphatic rings. The Bertz CT molecular complexity index is 1920. The molecule has 3 atom stereocenters. The fourth-order valence-electron chi connectivity index (χ4n) is 6.54. The number of benzene rings is 2. The van der Waals surface area contributed by atoms with Crippen LogP contribution in [0.15, 0.2) is 47.3 Å². The van der Waals surface area contributed by atoms with Crippen molar-refractivity contribution in [3.8, 4) is 28.4 Å². The number of aryl methyl sites for hydroxylation is 1. The summed E-state index contributed by atoms with van der Waals surface area (Å²) in [5.74, 6) is 2.21. The molecule has 5 rings (SSSR count). The third-order valence-electron chi connectivity index (χ3n) is 9.12. The molecule has 0 radical (unpaired) electrons. The van der Waals surface area contributed by atoms with E-state index in [-0.39, 0.29) is 28.8 Å². The molecule has 1 aliphatic carbocycles. The number of rotatable bonds is 12. The average molecular weight is 670 g/mol. The van der Waals surface area contributed by atoms with E-state index in [9.17, 15) is 14.4 Å². The number of amides is 2. The monoisotopic (exact) mass is 669 g/mol. The lowest BCUT2D eigenvalue weighted by molar-refractivity contribution is -0.120. The minimum atomic E-state index is -0.716. The minimum Gasteiger partial charge on any atom is -0.493 e. The molecular weight excluding hydrogens is 622 g/mol. The lowest BCUT2D eigenvalue weighted by atomic mass is 9.95. The Morgan fingerprint density at radius 1 is 1.00 bits per heavy atom. The number of fused-ring (bicyclic) bond motifs is 4. The Morgan fingerprint density at radius 3 is 2.41 bits per heavy atom. The van der Waals surface area contributed by atoms with Crippen LogP contribution in [0.2, 0.25) is 0 Å². The van der Waals surface area contributed by atoms with E-state index < -0.39 is 12.1 Å². The van der Waals surface area contributed by atoms with Gasteiger partial charge in [0.15, 0.2) is 11.5 Å². The van der Waals surface area contributed by atoms with E-state index in [0.717, 1.165) is 34.4 Å². The van der Waals surface area contributed by atoms with E-state index in [1.807, 2.05) is 44.2 Å². The number of nitrogens with zero attached hydrogens (tertiary/aromatic N) is 1. The van der Waals surface area contributed by atoms with E-state index in [2.05, 4.69) is 39.8 Å². The fourth-order valence-corrected chi connectivity index (χ4v) is 6.54. The van der Waals surface area contributed by atoms with Gasteiger partial charge >= 0.3 is 0 Å². The van der Waals surface area contributed by atoms with Crippen LogP contribution in [0.3, 0.4) is 0 Å². The van der Waals surface area contributed by atoms with Gasteiger partial charge in [-0.15, -0.1) is 0 Å². The maximum atomic E-state index is 14.0. The highest BCUT2D eigenvalue weighted by Crippen LogP contribution is 2.50. The number of carbonyl (C=O) groups excluding carboxylic acids is 2. The molecule has 0 saturated heterocycles. The molecule has 3 aromatic carbocycles. The van der Waals surface area contributed by atoms with Crippen molar-refractivity contribution in [1.29, 1.82) is 0 Å². The second kappa shape index (κ2) is 15.0. The molecule has 0 aliphatic heterocycles. The van der Waals surface area contributed by atoms with Crippen LogP contribution < -0.4 is 35.6 Å². The molecule has 260 valence electrons. The first-order valence-electron chi connectivity index (χ1n) is 16.8. The Labute approximate surface area is 287 Å². The lowest BCUT2D eigenvalue weighted by Gasteiger charge is -2.24. The number of nitrogens with one attached hydrogen (secondary N) is 4. The van der Waals surface area contributed by atoms with E-state index in [1.165, 1.54) is 6.92 Å². The van der Waals surface area contributed by atoms with E-state index in [1.54, 1.807) is 33.5 Å². The third kappa shape index (κ3) is 7.50. The molecular formula is C38H47N5O6. The molecule has 11 heteroatoms. The summed E-state index contributed by atoms with van der Waals surface area (Å²) < 4.78 is 17.2. The highest BCUT2D eigenvalue weighted by atomic mass is 16.5. The molecule has 11 nitrogen and oxygen atoms in total. The number of methoxy groups -OCH3 is 3. The molecule has 0 fully saturated rings. The van der Waals surface area contributed by atoms with Crippen LogP contribution in [0.5, 0.6) is 17.2 Å². The zero-order chi connectivity index (χ0) is 35.4. The highest BCUT2D eigenvalue weighted by Gasteiger charge is 2.30. The number of aromatic nitrogens is 2. The van der Waals surface area contributed by atoms with Crippen LogP contribution in [0, 0.1) is 11.8 Å². The van der Waals surface area contributed by atoms with Gasteiger partial charge in [0.1, 0.15) is 11.9 Å². The van der Waals surface area contributed by atoms with Crippen molar-refractivity contribution in [2.24, 2.45) is 11.8 Å². The van der Waals surface area contributed by atoms with Crippen molar-refractivity contribution in [3.05, 3.63) is 69.6 Å². The maximum Gasteiger partial charge on any atom is 0.247 e. The molecule has 0 saturated carbocycles. The first-order chi connectivity index (χ1) is 23.5. The lowest BCUT2D eigenvalue weighted by Crippen LogP contribution is -2.40. The minimum absolute atomic E-state index is 0.110. The number of ether oxygens (including phenoxy) is 3. The second-order valence-corrected chi connectivity index (χ2v) is 13.1. The van der Waals surface area contributed by atoms with Crippen molar-refractivity contribution < 1.29 is 23.8 Å². The Hall–Kier alpha value is -5.06. The summed E-state index contributed by atoms with van der Waals surface area (Å²) in [5.41, 5.74) is 5.31. The topological polar surface area (TPSA) is 144 Å². The van der Waals surface area contributed by atoms with E-state index >= 15 is 0 Å². The number of H-pyrrole nitrogens is 1. The van der Waals surface area contributed by atoms with Crippen molar-refractivity contribution in [2.75, 3.05) is 32.0 Å². The summed E-state index contributed by atoms with van der Waals surface area (Å²) in [6.45, 7) is 9.73. The van der Waals surface area contributed by atoms with Crippen LogP contribution in [-0.4, -0.2) is 49.2 Å². The predicted molar refractivity (Wildman–Crippen MR) is 193 cm³/mol. The molecule has 0 bridgehead atoms. The quantitative estimate of drug-likeness (QED) is 0.136. The Morgan fingerprint density at radius 2 is 1.76 bits per heavy atom. The number of imidazole rings is 1. The van der Waals surface area contributed by atoms with E-state index in [4.69, 9.17) is 14.2 Å². The van der Waals surface area contributed by atoms with Crippen LogP contribution in [-0.2, 0) is 22.4 Å². The van der Waals surface area contributed by atoms with Crippen LogP contribution in [0.4, 0.5) is 11.4 Å². The van der Waals surface area contributed by atoms with Gasteiger partial charge in [-0.3, -0.25) is 14.4 Å². The summed E-state index contributed by atoms with van der Waals surface area (Å²) in [6.07, 6.45) is 2.66. The molecule has 2 amide bonds. The largest absolute Gasteiger partial charge is 0.493 e. The van der Waals surface area contributed by atoms with Gasteiger partial charge in [0.25, 0.3) is 0 Å². The Kier molecular flexibility index (Phi) is 10.8. The first-order valence-corrected chi connectivity index (χ1v) is 16.8. The summed E-state index contributed by atoms with van der Waals surface area (Å²) in [5, 5.41) is 9.36. The summed E-state index contributed by atoms with van der Waals surface area (Å²) >= 11 is 0. The van der Waals surface area contributed by atoms with Gasteiger partial charge in [0.2, 0.25) is 23.0 Å². The van der Waals surface area contributed by atoms with Gasteiger partial charge in [-0.05, 0) is 77.8 Å². The third-order valence-corrected chi connectivity index (χ3v) is 9.12. The zero-order valence-corrected chi connectivity index (χ0v) is 29.6. The summed E-state index contributed by atoms with van der Waals surface area (Å²) in [6, 6.07) is 11.5. The maximum absolute atomic E-state index is 14.0. The Balaban J connectivity index is 1.55. The smallest absolute Gasteiger partial charge is 0.247 e. The summed E-state index contributed by atoms with van der Waals surface area (Å²) in [7, 11) is 4.68. The second-order valence-electron chi connectivity index (χ2n) is 13.1. The molecule has 0 spiro atoms. The molecule has 49 heavy (non-hydrogen) atoms. The van der Waals surface area contributed by atoms with Crippen molar-refractivity contribution >= 4 is 34.2 Å². The van der Waals surface area contributed by atoms with Gasteiger partial charge in [0, 0.05) is 24.6 Å². The van der Waals surface area contributed by atoms with Crippen molar-refractivity contribution in [2.45, 2.75) is 72.4 Å². The standard InChI is InChI=1S/C38H47N5O6/c1-9-21(4)35(38(46)40-24-11-14-28-30(18-24)42-33(41-28)16-20(2)3)43-29-15-12-25-26(19-31(29)45)27(39-22(5)44)13-10-23-17-32(47-6)36(48-7)37(49-8)34(23)25/h11-12,14-15,17-21,27,35H,9-10,13,16H2,1-8H3,(H,39,44)(H,40,46)(H,41,42)(H,43,45)/t21-,27-,35-/m0/s1. The predicted octanol–water partition coefficient (Wildman–Crippen LogP) is 6.40.